The molecule has 0 radical (unpaired) electrons. The van der Waals surface area contributed by atoms with Crippen molar-refractivity contribution in [3.63, 3.8) is 0 Å². The van der Waals surface area contributed by atoms with Gasteiger partial charge >= 0.3 is 0 Å². The summed E-state index contributed by atoms with van der Waals surface area (Å²) in [6.45, 7) is 7.46. The van der Waals surface area contributed by atoms with Crippen LogP contribution in [0.3, 0.4) is 0 Å². The van der Waals surface area contributed by atoms with Crippen LogP contribution in [0.2, 0.25) is 0 Å². The standard InChI is InChI=1S/C14H26N4O2S/c1-4-15-8-12-7-13(9-16-12)21(19,20)17-14-5-6-18(3)10-11(14)2/h7,9,11,14-17H,4-6,8,10H2,1-3H3. The van der Waals surface area contributed by atoms with Crippen LogP contribution in [-0.4, -0.2) is 51.0 Å². The number of nitrogens with zero attached hydrogens (tertiary/aromatic N) is 1. The van der Waals surface area contributed by atoms with Crippen molar-refractivity contribution in [3.05, 3.63) is 18.0 Å². The normalized spacial score (nSPS) is 24.3. The van der Waals surface area contributed by atoms with Crippen LogP contribution >= 0.6 is 0 Å². The third-order valence-corrected chi connectivity index (χ3v) is 5.48. The second kappa shape index (κ2) is 6.91. The number of hydrogen-bond acceptors (Lipinski definition) is 4. The van der Waals surface area contributed by atoms with Gasteiger partial charge < -0.3 is 15.2 Å². The molecular weight excluding hydrogens is 288 g/mol. The lowest BCUT2D eigenvalue weighted by atomic mass is 9.95. The summed E-state index contributed by atoms with van der Waals surface area (Å²) in [6, 6.07) is 1.71. The molecule has 120 valence electrons. The van der Waals surface area contributed by atoms with E-state index < -0.39 is 10.0 Å². The number of sulfonamides is 1. The smallest absolute Gasteiger partial charge is 0.242 e. The van der Waals surface area contributed by atoms with E-state index in [0.717, 1.165) is 31.7 Å². The summed E-state index contributed by atoms with van der Waals surface area (Å²) < 4.78 is 27.8. The third-order valence-electron chi connectivity index (χ3n) is 4.01. The summed E-state index contributed by atoms with van der Waals surface area (Å²) in [4.78, 5) is 5.57. The van der Waals surface area contributed by atoms with Crippen LogP contribution < -0.4 is 10.0 Å². The molecule has 1 aromatic heterocycles. The summed E-state index contributed by atoms with van der Waals surface area (Å²) in [5.74, 6) is 0.318. The molecule has 3 N–H and O–H groups in total. The Labute approximate surface area is 127 Å². The molecule has 21 heavy (non-hydrogen) atoms. The molecule has 1 saturated heterocycles. The molecule has 2 unspecified atom stereocenters. The van der Waals surface area contributed by atoms with Crippen molar-refractivity contribution < 1.29 is 8.42 Å². The lowest BCUT2D eigenvalue weighted by Gasteiger charge is -2.34. The van der Waals surface area contributed by atoms with Crippen molar-refractivity contribution in [2.75, 3.05) is 26.7 Å². The fourth-order valence-electron chi connectivity index (χ4n) is 2.73. The van der Waals surface area contributed by atoms with E-state index in [1.807, 2.05) is 6.92 Å². The van der Waals surface area contributed by atoms with Gasteiger partial charge in [0.05, 0.1) is 4.90 Å². The highest BCUT2D eigenvalue weighted by molar-refractivity contribution is 7.89. The number of piperidine rings is 1. The van der Waals surface area contributed by atoms with E-state index in [1.54, 1.807) is 12.3 Å². The molecule has 0 bridgehead atoms. The van der Waals surface area contributed by atoms with Gasteiger partial charge in [-0.15, -0.1) is 0 Å². The molecule has 1 aliphatic heterocycles. The second-order valence-electron chi connectivity index (χ2n) is 5.90. The molecule has 1 aromatic rings. The Morgan fingerprint density at radius 3 is 2.90 bits per heavy atom. The van der Waals surface area contributed by atoms with Crippen molar-refractivity contribution in [1.82, 2.24) is 19.9 Å². The Balaban J connectivity index is 2.02. The molecule has 7 heteroatoms. The van der Waals surface area contributed by atoms with Crippen LogP contribution in [0.5, 0.6) is 0 Å². The number of aromatic nitrogens is 1. The molecule has 0 spiro atoms. The minimum absolute atomic E-state index is 0.0123. The number of aromatic amines is 1. The van der Waals surface area contributed by atoms with Gasteiger partial charge in [-0.3, -0.25) is 0 Å². The van der Waals surface area contributed by atoms with Crippen LogP contribution in [0.4, 0.5) is 0 Å². The van der Waals surface area contributed by atoms with Crippen LogP contribution in [0.15, 0.2) is 17.2 Å². The molecule has 0 saturated carbocycles. The zero-order chi connectivity index (χ0) is 15.5. The van der Waals surface area contributed by atoms with E-state index in [2.05, 4.69) is 33.9 Å². The highest BCUT2D eigenvalue weighted by atomic mass is 32.2. The van der Waals surface area contributed by atoms with E-state index in [0.29, 0.717) is 17.4 Å². The molecule has 0 aromatic carbocycles. The number of rotatable bonds is 6. The van der Waals surface area contributed by atoms with Crippen LogP contribution in [0.25, 0.3) is 0 Å². The van der Waals surface area contributed by atoms with Crippen LogP contribution in [-0.2, 0) is 16.6 Å². The van der Waals surface area contributed by atoms with Gasteiger partial charge in [0.15, 0.2) is 0 Å². The molecule has 0 aliphatic carbocycles. The average Bonchev–Trinajstić information content (AvgIpc) is 2.89. The Morgan fingerprint density at radius 1 is 1.48 bits per heavy atom. The first-order chi connectivity index (χ1) is 9.92. The maximum atomic E-state index is 12.4. The van der Waals surface area contributed by atoms with Gasteiger partial charge in [-0.1, -0.05) is 13.8 Å². The predicted octanol–water partition coefficient (Wildman–Crippen LogP) is 0.743. The van der Waals surface area contributed by atoms with Gasteiger partial charge in [-0.25, -0.2) is 13.1 Å². The molecule has 6 nitrogen and oxygen atoms in total. The topological polar surface area (TPSA) is 77.2 Å². The molecule has 1 aliphatic rings. The summed E-state index contributed by atoms with van der Waals surface area (Å²) >= 11 is 0. The lowest BCUT2D eigenvalue weighted by molar-refractivity contribution is 0.188. The molecule has 2 heterocycles. The number of likely N-dealkylation sites (tertiary alicyclic amines) is 1. The van der Waals surface area contributed by atoms with Crippen LogP contribution in [0.1, 0.15) is 26.0 Å². The summed E-state index contributed by atoms with van der Waals surface area (Å²) in [7, 11) is -1.37. The van der Waals surface area contributed by atoms with Crippen molar-refractivity contribution in [3.8, 4) is 0 Å². The molecule has 2 atom stereocenters. The van der Waals surface area contributed by atoms with Gasteiger partial charge in [-0.05, 0) is 38.5 Å². The predicted molar refractivity (Wildman–Crippen MR) is 83.6 cm³/mol. The van der Waals surface area contributed by atoms with E-state index in [-0.39, 0.29) is 6.04 Å². The first-order valence-electron chi connectivity index (χ1n) is 7.51. The van der Waals surface area contributed by atoms with Gasteiger partial charge in [0.1, 0.15) is 0 Å². The molecule has 2 rings (SSSR count). The van der Waals surface area contributed by atoms with E-state index in [9.17, 15) is 8.42 Å². The minimum atomic E-state index is -3.44. The monoisotopic (exact) mass is 314 g/mol. The first-order valence-corrected chi connectivity index (χ1v) is 8.99. The number of H-pyrrole nitrogens is 1. The van der Waals surface area contributed by atoms with Gasteiger partial charge in [0.25, 0.3) is 0 Å². The minimum Gasteiger partial charge on any atom is -0.363 e. The average molecular weight is 314 g/mol. The van der Waals surface area contributed by atoms with E-state index in [4.69, 9.17) is 0 Å². The Bertz CT molecular complexity index is 555. The maximum absolute atomic E-state index is 12.4. The van der Waals surface area contributed by atoms with Gasteiger partial charge in [0.2, 0.25) is 10.0 Å². The van der Waals surface area contributed by atoms with E-state index >= 15 is 0 Å². The van der Waals surface area contributed by atoms with Crippen molar-refractivity contribution in [1.29, 1.82) is 0 Å². The second-order valence-corrected chi connectivity index (χ2v) is 7.61. The Morgan fingerprint density at radius 2 is 2.24 bits per heavy atom. The number of nitrogens with one attached hydrogen (secondary N) is 3. The summed E-state index contributed by atoms with van der Waals surface area (Å²) in [6.07, 6.45) is 2.42. The molecule has 1 fully saturated rings. The highest BCUT2D eigenvalue weighted by Crippen LogP contribution is 2.19. The zero-order valence-electron chi connectivity index (χ0n) is 13.0. The highest BCUT2D eigenvalue weighted by Gasteiger charge is 2.29. The third kappa shape index (κ3) is 4.29. The van der Waals surface area contributed by atoms with E-state index in [1.165, 1.54) is 0 Å². The lowest BCUT2D eigenvalue weighted by Crippen LogP contribution is -2.48. The SMILES string of the molecule is CCNCc1cc(S(=O)(=O)NC2CCN(C)CC2C)c[nH]1. The van der Waals surface area contributed by atoms with Crippen LogP contribution in [0, 0.1) is 5.92 Å². The summed E-state index contributed by atoms with van der Waals surface area (Å²) in [5.41, 5.74) is 0.883. The molecule has 0 amide bonds. The van der Waals surface area contributed by atoms with Crippen molar-refractivity contribution in [2.24, 2.45) is 5.92 Å². The van der Waals surface area contributed by atoms with Crippen molar-refractivity contribution in [2.45, 2.75) is 37.8 Å². The fourth-order valence-corrected chi connectivity index (χ4v) is 4.13. The largest absolute Gasteiger partial charge is 0.363 e. The number of hydrogen-bond donors (Lipinski definition) is 3. The van der Waals surface area contributed by atoms with Gasteiger partial charge in [0, 0.05) is 31.0 Å². The Hall–Kier alpha value is -0.890. The maximum Gasteiger partial charge on any atom is 0.242 e. The quantitative estimate of drug-likeness (QED) is 0.724. The Kier molecular flexibility index (Phi) is 5.43. The first kappa shape index (κ1) is 16.5. The summed E-state index contributed by atoms with van der Waals surface area (Å²) in [5, 5.41) is 3.17. The van der Waals surface area contributed by atoms with Gasteiger partial charge in [-0.2, -0.15) is 0 Å². The van der Waals surface area contributed by atoms with Crippen molar-refractivity contribution >= 4 is 10.0 Å². The molecular formula is C14H26N4O2S. The zero-order valence-corrected chi connectivity index (χ0v) is 13.8. The fraction of sp³-hybridized carbons (Fsp3) is 0.714.